The van der Waals surface area contributed by atoms with Crippen LogP contribution in [0.4, 0.5) is 0 Å². The van der Waals surface area contributed by atoms with Gasteiger partial charge in [-0.25, -0.2) is 0 Å². The van der Waals surface area contributed by atoms with E-state index in [1.807, 2.05) is 24.3 Å². The van der Waals surface area contributed by atoms with Crippen molar-refractivity contribution in [1.82, 2.24) is 10.6 Å². The predicted octanol–water partition coefficient (Wildman–Crippen LogP) is 1.74. The molecule has 0 aliphatic carbocycles. The number of hydrogen-bond acceptors (Lipinski definition) is 3. The number of nitrogens with one attached hydrogen (secondary N) is 2. The molecule has 2 N–H and O–H groups in total. The van der Waals surface area contributed by atoms with E-state index < -0.39 is 0 Å². The Hall–Kier alpha value is -1.55. The van der Waals surface area contributed by atoms with Crippen molar-refractivity contribution in [2.75, 3.05) is 20.2 Å². The van der Waals surface area contributed by atoms with Crippen molar-refractivity contribution in [3.05, 3.63) is 29.8 Å². The molecule has 0 saturated carbocycles. The summed E-state index contributed by atoms with van der Waals surface area (Å²) >= 11 is 0. The summed E-state index contributed by atoms with van der Waals surface area (Å²) in [6.07, 6.45) is 2.74. The van der Waals surface area contributed by atoms with Crippen molar-refractivity contribution < 1.29 is 9.53 Å². The number of piperidine rings is 1. The Morgan fingerprint density at radius 1 is 1.40 bits per heavy atom. The van der Waals surface area contributed by atoms with Crippen molar-refractivity contribution in [2.45, 2.75) is 32.2 Å². The molecule has 1 heterocycles. The molecule has 1 aliphatic rings. The van der Waals surface area contributed by atoms with Gasteiger partial charge in [-0.1, -0.05) is 12.1 Å². The molecule has 1 aliphatic heterocycles. The zero-order chi connectivity index (χ0) is 14.4. The highest BCUT2D eigenvalue weighted by Gasteiger charge is 2.24. The summed E-state index contributed by atoms with van der Waals surface area (Å²) in [7, 11) is 1.66. The van der Waals surface area contributed by atoms with Crippen molar-refractivity contribution in [3.63, 3.8) is 0 Å². The summed E-state index contributed by atoms with van der Waals surface area (Å²) in [6.45, 7) is 3.78. The lowest BCUT2D eigenvalue weighted by Gasteiger charge is -2.27. The average molecular weight is 276 g/mol. The number of methoxy groups -OCH3 is 1. The molecule has 2 rings (SSSR count). The second kappa shape index (κ2) is 7.29. The summed E-state index contributed by atoms with van der Waals surface area (Å²) in [6, 6.07) is 8.42. The van der Waals surface area contributed by atoms with Crippen LogP contribution in [0.15, 0.2) is 24.3 Å². The quantitative estimate of drug-likeness (QED) is 0.861. The molecule has 1 aromatic rings. The number of rotatable bonds is 5. The number of hydrogen-bond donors (Lipinski definition) is 2. The third-order valence-corrected chi connectivity index (χ3v) is 3.87. The van der Waals surface area contributed by atoms with Crippen LogP contribution in [-0.2, 0) is 11.2 Å². The SMILES string of the molecule is COc1ccc(CCNC(=O)C2CCNC(C)C2)cc1. The first-order valence-corrected chi connectivity index (χ1v) is 7.33. The van der Waals surface area contributed by atoms with Crippen molar-refractivity contribution in [2.24, 2.45) is 5.92 Å². The zero-order valence-electron chi connectivity index (χ0n) is 12.3. The second-order valence-electron chi connectivity index (χ2n) is 5.47. The molecule has 20 heavy (non-hydrogen) atoms. The number of ether oxygens (including phenoxy) is 1. The van der Waals surface area contributed by atoms with Crippen molar-refractivity contribution in [3.8, 4) is 5.75 Å². The molecule has 0 aromatic heterocycles. The van der Waals surface area contributed by atoms with Gasteiger partial charge in [0.1, 0.15) is 5.75 Å². The van der Waals surface area contributed by atoms with Gasteiger partial charge in [0.2, 0.25) is 5.91 Å². The largest absolute Gasteiger partial charge is 0.497 e. The maximum atomic E-state index is 12.1. The molecule has 4 heteroatoms. The summed E-state index contributed by atoms with van der Waals surface area (Å²) in [5, 5.41) is 6.42. The van der Waals surface area contributed by atoms with Crippen LogP contribution >= 0.6 is 0 Å². The maximum Gasteiger partial charge on any atom is 0.223 e. The highest BCUT2D eigenvalue weighted by Crippen LogP contribution is 2.16. The molecule has 2 atom stereocenters. The standard InChI is InChI=1S/C16H24N2O2/c1-12-11-14(8-10-17-12)16(19)18-9-7-13-3-5-15(20-2)6-4-13/h3-6,12,14,17H,7-11H2,1-2H3,(H,18,19). The van der Waals surface area contributed by atoms with Gasteiger partial charge in [0.15, 0.2) is 0 Å². The molecule has 1 amide bonds. The fourth-order valence-corrected chi connectivity index (χ4v) is 2.64. The molecule has 0 spiro atoms. The Labute approximate surface area is 120 Å². The normalized spacial score (nSPS) is 22.3. The van der Waals surface area contributed by atoms with Crippen LogP contribution in [0, 0.1) is 5.92 Å². The minimum atomic E-state index is 0.169. The van der Waals surface area contributed by atoms with E-state index in [0.29, 0.717) is 12.6 Å². The van der Waals surface area contributed by atoms with E-state index >= 15 is 0 Å². The molecule has 4 nitrogen and oxygen atoms in total. The van der Waals surface area contributed by atoms with Gasteiger partial charge in [-0.3, -0.25) is 4.79 Å². The van der Waals surface area contributed by atoms with Gasteiger partial charge in [0, 0.05) is 18.5 Å². The highest BCUT2D eigenvalue weighted by atomic mass is 16.5. The molecule has 0 radical (unpaired) electrons. The van der Waals surface area contributed by atoms with E-state index in [2.05, 4.69) is 17.6 Å². The first-order chi connectivity index (χ1) is 9.69. The van der Waals surface area contributed by atoms with E-state index in [-0.39, 0.29) is 11.8 Å². The minimum absolute atomic E-state index is 0.169. The van der Waals surface area contributed by atoms with Crippen LogP contribution in [0.3, 0.4) is 0 Å². The van der Waals surface area contributed by atoms with Crippen LogP contribution in [0.1, 0.15) is 25.3 Å². The number of amides is 1. The number of carbonyl (C=O) groups is 1. The third kappa shape index (κ3) is 4.23. The molecule has 1 fully saturated rings. The van der Waals surface area contributed by atoms with Crippen molar-refractivity contribution in [1.29, 1.82) is 0 Å². The van der Waals surface area contributed by atoms with Crippen LogP contribution < -0.4 is 15.4 Å². The first kappa shape index (κ1) is 14.9. The number of carbonyl (C=O) groups excluding carboxylic acids is 1. The Morgan fingerprint density at radius 2 is 2.15 bits per heavy atom. The number of benzene rings is 1. The first-order valence-electron chi connectivity index (χ1n) is 7.33. The summed E-state index contributed by atoms with van der Waals surface area (Å²) < 4.78 is 5.13. The smallest absolute Gasteiger partial charge is 0.223 e. The predicted molar refractivity (Wildman–Crippen MR) is 79.9 cm³/mol. The summed E-state index contributed by atoms with van der Waals surface area (Å²) in [5.41, 5.74) is 1.21. The van der Waals surface area contributed by atoms with E-state index in [1.54, 1.807) is 7.11 Å². The molecular formula is C16H24N2O2. The zero-order valence-corrected chi connectivity index (χ0v) is 12.3. The third-order valence-electron chi connectivity index (χ3n) is 3.87. The van der Waals surface area contributed by atoms with Gasteiger partial charge in [-0.2, -0.15) is 0 Å². The van der Waals surface area contributed by atoms with E-state index in [4.69, 9.17) is 4.74 Å². The highest BCUT2D eigenvalue weighted by molar-refractivity contribution is 5.78. The van der Waals surface area contributed by atoms with E-state index in [0.717, 1.165) is 31.6 Å². The Bertz CT molecular complexity index is 431. The maximum absolute atomic E-state index is 12.1. The fraction of sp³-hybridized carbons (Fsp3) is 0.562. The van der Waals surface area contributed by atoms with Crippen LogP contribution in [0.5, 0.6) is 5.75 Å². The average Bonchev–Trinajstić information content (AvgIpc) is 2.48. The lowest BCUT2D eigenvalue weighted by Crippen LogP contribution is -2.42. The summed E-state index contributed by atoms with van der Waals surface area (Å²) in [4.78, 5) is 12.1. The van der Waals surface area contributed by atoms with Gasteiger partial charge in [0.05, 0.1) is 7.11 Å². The Balaban J connectivity index is 1.73. The fourth-order valence-electron chi connectivity index (χ4n) is 2.64. The monoisotopic (exact) mass is 276 g/mol. The van der Waals surface area contributed by atoms with Gasteiger partial charge >= 0.3 is 0 Å². The van der Waals surface area contributed by atoms with Crippen LogP contribution in [-0.4, -0.2) is 32.1 Å². The second-order valence-corrected chi connectivity index (χ2v) is 5.47. The van der Waals surface area contributed by atoms with Crippen molar-refractivity contribution >= 4 is 5.91 Å². The molecule has 2 unspecified atom stereocenters. The molecule has 110 valence electrons. The Morgan fingerprint density at radius 3 is 2.80 bits per heavy atom. The molecular weight excluding hydrogens is 252 g/mol. The van der Waals surface area contributed by atoms with Gasteiger partial charge < -0.3 is 15.4 Å². The topological polar surface area (TPSA) is 50.4 Å². The van der Waals surface area contributed by atoms with Gasteiger partial charge in [0.25, 0.3) is 0 Å². The van der Waals surface area contributed by atoms with Gasteiger partial charge in [-0.05, 0) is 50.4 Å². The molecule has 1 aromatic carbocycles. The molecule has 1 saturated heterocycles. The van der Waals surface area contributed by atoms with Crippen LogP contribution in [0.2, 0.25) is 0 Å². The Kier molecular flexibility index (Phi) is 5.41. The summed E-state index contributed by atoms with van der Waals surface area (Å²) in [5.74, 6) is 1.23. The van der Waals surface area contributed by atoms with E-state index in [9.17, 15) is 4.79 Å². The van der Waals surface area contributed by atoms with E-state index in [1.165, 1.54) is 5.56 Å². The molecule has 0 bridgehead atoms. The van der Waals surface area contributed by atoms with Gasteiger partial charge in [-0.15, -0.1) is 0 Å². The lowest BCUT2D eigenvalue weighted by molar-refractivity contribution is -0.126. The minimum Gasteiger partial charge on any atom is -0.497 e. The van der Waals surface area contributed by atoms with Crippen LogP contribution in [0.25, 0.3) is 0 Å². The lowest BCUT2D eigenvalue weighted by atomic mass is 9.92.